The van der Waals surface area contributed by atoms with Crippen LogP contribution in [0.3, 0.4) is 0 Å². The maximum absolute atomic E-state index is 11.9. The van der Waals surface area contributed by atoms with E-state index in [2.05, 4.69) is 79.7 Å². The van der Waals surface area contributed by atoms with Crippen LogP contribution in [0, 0.1) is 13.8 Å². The fourth-order valence-electron chi connectivity index (χ4n) is 4.31. The van der Waals surface area contributed by atoms with Gasteiger partial charge in [-0.3, -0.25) is 0 Å². The van der Waals surface area contributed by atoms with Crippen LogP contribution in [-0.4, -0.2) is 19.3 Å². The van der Waals surface area contributed by atoms with E-state index in [1.807, 2.05) is 24.3 Å². The lowest BCUT2D eigenvalue weighted by Gasteiger charge is -2.32. The number of methoxy groups -OCH3 is 2. The zero-order chi connectivity index (χ0) is 25.4. The Morgan fingerprint density at radius 2 is 1.18 bits per heavy atom. The largest absolute Gasteiger partial charge is 0.507 e. The number of phenols is 1. The van der Waals surface area contributed by atoms with Gasteiger partial charge in [-0.2, -0.15) is 0 Å². The monoisotopic (exact) mass is 478 g/mol. The van der Waals surface area contributed by atoms with E-state index in [4.69, 9.17) is 9.47 Å². The van der Waals surface area contributed by atoms with Crippen molar-refractivity contribution in [1.82, 2.24) is 0 Å². The highest BCUT2D eigenvalue weighted by atomic mass is 31.1. The van der Waals surface area contributed by atoms with Crippen LogP contribution in [0.1, 0.15) is 63.8 Å². The van der Waals surface area contributed by atoms with Gasteiger partial charge < -0.3 is 14.6 Å². The van der Waals surface area contributed by atoms with Crippen LogP contribution in [0.25, 0.3) is 0 Å². The molecule has 4 heteroatoms. The summed E-state index contributed by atoms with van der Waals surface area (Å²) in [5.41, 5.74) is 4.14. The van der Waals surface area contributed by atoms with E-state index in [1.54, 1.807) is 14.2 Å². The van der Waals surface area contributed by atoms with Gasteiger partial charge in [0.05, 0.1) is 14.2 Å². The fourth-order valence-corrected chi connectivity index (χ4v) is 7.25. The molecule has 3 aromatic carbocycles. The summed E-state index contributed by atoms with van der Waals surface area (Å²) in [4.78, 5) is 0. The summed E-state index contributed by atoms with van der Waals surface area (Å²) in [6.07, 6.45) is 0. The van der Waals surface area contributed by atoms with E-state index in [0.717, 1.165) is 44.1 Å². The second-order valence-electron chi connectivity index (χ2n) is 11.0. The molecule has 0 fully saturated rings. The first-order chi connectivity index (χ1) is 15.8. The molecule has 0 bridgehead atoms. The smallest absolute Gasteiger partial charge is 0.127 e. The Morgan fingerprint density at radius 1 is 0.706 bits per heavy atom. The molecule has 182 valence electrons. The predicted molar refractivity (Wildman–Crippen MR) is 147 cm³/mol. The molecular formula is C30H39O3P. The Morgan fingerprint density at radius 3 is 1.56 bits per heavy atom. The van der Waals surface area contributed by atoms with Crippen molar-refractivity contribution in [3.63, 3.8) is 0 Å². The highest BCUT2D eigenvalue weighted by Gasteiger charge is 2.33. The van der Waals surface area contributed by atoms with E-state index < -0.39 is 7.92 Å². The zero-order valence-corrected chi connectivity index (χ0v) is 23.2. The third kappa shape index (κ3) is 4.96. The third-order valence-electron chi connectivity index (χ3n) is 6.29. The fraction of sp³-hybridized carbons (Fsp3) is 0.400. The van der Waals surface area contributed by atoms with Crippen molar-refractivity contribution in [1.29, 1.82) is 0 Å². The minimum atomic E-state index is -1.19. The lowest BCUT2D eigenvalue weighted by Crippen LogP contribution is -2.29. The summed E-state index contributed by atoms with van der Waals surface area (Å²) >= 11 is 0. The maximum Gasteiger partial charge on any atom is 0.127 e. The summed E-state index contributed by atoms with van der Waals surface area (Å²) < 4.78 is 11.8. The molecule has 0 aromatic heterocycles. The number of hydrogen-bond acceptors (Lipinski definition) is 3. The van der Waals surface area contributed by atoms with Gasteiger partial charge in [0.25, 0.3) is 0 Å². The van der Waals surface area contributed by atoms with Crippen molar-refractivity contribution < 1.29 is 14.6 Å². The standard InChI is InChI=1S/C30H39O3P/c1-19-13-11-15-23(32-9)27(19)34(28-20(2)14-12-16-24(28)33-10)25-18-21(29(3,4)5)17-22(26(25)31)30(6,7)8/h11-18,31H,1-10H3. The van der Waals surface area contributed by atoms with Crippen LogP contribution in [0.15, 0.2) is 48.5 Å². The number of phenolic OH excluding ortho intramolecular Hbond substituents is 1. The Hall–Kier alpha value is -2.51. The summed E-state index contributed by atoms with van der Waals surface area (Å²) in [5, 5.41) is 15.0. The lowest BCUT2D eigenvalue weighted by atomic mass is 9.80. The number of benzene rings is 3. The molecule has 3 aromatic rings. The third-order valence-corrected chi connectivity index (χ3v) is 9.16. The molecule has 0 aliphatic rings. The topological polar surface area (TPSA) is 38.7 Å². The first-order valence-corrected chi connectivity index (χ1v) is 13.1. The molecule has 0 saturated carbocycles. The van der Waals surface area contributed by atoms with E-state index in [1.165, 1.54) is 5.56 Å². The Balaban J connectivity index is 2.55. The van der Waals surface area contributed by atoms with Crippen LogP contribution in [0.2, 0.25) is 0 Å². The number of aryl methyl sites for hydroxylation is 2. The molecule has 0 radical (unpaired) electrons. The molecule has 0 amide bonds. The Labute approximate surface area is 206 Å². The van der Waals surface area contributed by atoms with Gasteiger partial charge in [0, 0.05) is 21.5 Å². The Kier molecular flexibility index (Phi) is 7.39. The minimum Gasteiger partial charge on any atom is -0.507 e. The molecule has 0 atom stereocenters. The quantitative estimate of drug-likeness (QED) is 0.433. The zero-order valence-electron chi connectivity index (χ0n) is 22.3. The minimum absolute atomic E-state index is 0.0743. The molecule has 0 aliphatic carbocycles. The normalized spacial score (nSPS) is 12.2. The molecule has 0 saturated heterocycles. The number of rotatable bonds is 5. The molecular weight excluding hydrogens is 439 g/mol. The van der Waals surface area contributed by atoms with Crippen LogP contribution < -0.4 is 25.4 Å². The van der Waals surface area contributed by atoms with Crippen molar-refractivity contribution in [3.05, 3.63) is 70.8 Å². The van der Waals surface area contributed by atoms with Gasteiger partial charge >= 0.3 is 0 Å². The summed E-state index contributed by atoms with van der Waals surface area (Å²) in [6, 6.07) is 16.7. The maximum atomic E-state index is 11.9. The van der Waals surface area contributed by atoms with Gasteiger partial charge in [-0.25, -0.2) is 0 Å². The van der Waals surface area contributed by atoms with Crippen molar-refractivity contribution in [3.8, 4) is 17.2 Å². The van der Waals surface area contributed by atoms with Gasteiger partial charge in [-0.1, -0.05) is 71.9 Å². The second kappa shape index (κ2) is 9.62. The van der Waals surface area contributed by atoms with Gasteiger partial charge in [0.1, 0.15) is 17.2 Å². The van der Waals surface area contributed by atoms with Gasteiger partial charge in [-0.05, 0) is 67.5 Å². The SMILES string of the molecule is COc1cccc(C)c1P(c1cc(C(C)(C)C)cc(C(C)(C)C)c1O)c1c(C)cccc1OC. The molecule has 34 heavy (non-hydrogen) atoms. The highest BCUT2D eigenvalue weighted by molar-refractivity contribution is 7.80. The van der Waals surface area contributed by atoms with E-state index in [0.29, 0.717) is 5.75 Å². The predicted octanol–water partition coefficient (Wildman–Crippen LogP) is 6.38. The summed E-state index contributed by atoms with van der Waals surface area (Å²) in [6.45, 7) is 17.4. The highest BCUT2D eigenvalue weighted by Crippen LogP contribution is 2.47. The van der Waals surface area contributed by atoms with Crippen molar-refractivity contribution in [2.75, 3.05) is 14.2 Å². The van der Waals surface area contributed by atoms with Crippen molar-refractivity contribution >= 4 is 23.8 Å². The first kappa shape index (κ1) is 26.1. The van der Waals surface area contributed by atoms with Crippen molar-refractivity contribution in [2.24, 2.45) is 0 Å². The molecule has 1 N–H and O–H groups in total. The number of ether oxygens (including phenoxy) is 2. The molecule has 0 unspecified atom stereocenters. The molecule has 0 aliphatic heterocycles. The molecule has 0 heterocycles. The summed E-state index contributed by atoms with van der Waals surface area (Å²) in [5.74, 6) is 2.02. The average Bonchev–Trinajstić information content (AvgIpc) is 2.74. The van der Waals surface area contributed by atoms with Crippen LogP contribution >= 0.6 is 7.92 Å². The second-order valence-corrected chi connectivity index (χ2v) is 13.0. The lowest BCUT2D eigenvalue weighted by molar-refractivity contribution is 0.417. The average molecular weight is 479 g/mol. The number of hydrogen-bond donors (Lipinski definition) is 1. The van der Waals surface area contributed by atoms with E-state index in [-0.39, 0.29) is 10.8 Å². The Bertz CT molecular complexity index is 1130. The van der Waals surface area contributed by atoms with Crippen LogP contribution in [0.5, 0.6) is 17.2 Å². The van der Waals surface area contributed by atoms with Gasteiger partial charge in [0.2, 0.25) is 0 Å². The number of aromatic hydroxyl groups is 1. The molecule has 3 rings (SSSR count). The van der Waals surface area contributed by atoms with Gasteiger partial charge in [-0.15, -0.1) is 0 Å². The van der Waals surface area contributed by atoms with Crippen LogP contribution in [0.4, 0.5) is 0 Å². The van der Waals surface area contributed by atoms with E-state index in [9.17, 15) is 5.11 Å². The van der Waals surface area contributed by atoms with E-state index >= 15 is 0 Å². The molecule has 0 spiro atoms. The van der Waals surface area contributed by atoms with Gasteiger partial charge in [0.15, 0.2) is 0 Å². The van der Waals surface area contributed by atoms with Crippen LogP contribution in [-0.2, 0) is 10.8 Å². The summed E-state index contributed by atoms with van der Waals surface area (Å²) in [7, 11) is 2.24. The molecule has 3 nitrogen and oxygen atoms in total. The van der Waals surface area contributed by atoms with Crippen molar-refractivity contribution in [2.45, 2.75) is 66.2 Å². The first-order valence-electron chi connectivity index (χ1n) is 11.8.